The van der Waals surface area contributed by atoms with Gasteiger partial charge in [-0.3, -0.25) is 4.79 Å². The zero-order valence-electron chi connectivity index (χ0n) is 16.6. The van der Waals surface area contributed by atoms with Gasteiger partial charge in [0.25, 0.3) is 0 Å². The molecule has 3 aromatic carbocycles. The summed E-state index contributed by atoms with van der Waals surface area (Å²) in [5, 5.41) is 18.3. The molecule has 0 bridgehead atoms. The minimum Gasteiger partial charge on any atom is -0.481 e. The van der Waals surface area contributed by atoms with E-state index in [0.717, 1.165) is 34.0 Å². The van der Waals surface area contributed by atoms with Crippen molar-refractivity contribution in [1.29, 1.82) is 0 Å². The molecule has 4 rings (SSSR count). The fourth-order valence-electron chi connectivity index (χ4n) is 3.34. The van der Waals surface area contributed by atoms with Crippen molar-refractivity contribution < 1.29 is 9.90 Å². The minimum absolute atomic E-state index is 0.0629. The summed E-state index contributed by atoms with van der Waals surface area (Å²) >= 11 is 6.05. The van der Waals surface area contributed by atoms with Gasteiger partial charge in [0.15, 0.2) is 0 Å². The number of aryl methyl sites for hydroxylation is 1. The third-order valence-electron chi connectivity index (χ3n) is 4.84. The molecule has 0 aliphatic carbocycles. The number of halogens is 1. The third-order valence-corrected chi connectivity index (χ3v) is 5.09. The summed E-state index contributed by atoms with van der Waals surface area (Å²) < 4.78 is 2.07. The number of carboxylic acids is 1. The number of benzene rings is 3. The number of carboxylic acid groups (broad SMARTS) is 1. The monoisotopic (exact) mass is 429 g/mol. The van der Waals surface area contributed by atoms with Crippen molar-refractivity contribution in [2.45, 2.75) is 12.8 Å². The van der Waals surface area contributed by atoms with Gasteiger partial charge >= 0.3 is 5.97 Å². The summed E-state index contributed by atoms with van der Waals surface area (Å²) in [6.07, 6.45) is 0.492. The maximum absolute atomic E-state index is 11.1. The van der Waals surface area contributed by atoms with Crippen molar-refractivity contribution in [3.8, 4) is 16.9 Å². The molecule has 5 nitrogen and oxygen atoms in total. The first kappa shape index (κ1) is 20.6. The van der Waals surface area contributed by atoms with Gasteiger partial charge in [-0.2, -0.15) is 10.2 Å². The molecular formula is C25H20ClN3O2. The second-order valence-corrected chi connectivity index (χ2v) is 7.43. The standard InChI is InChI=1S/C25H20ClN3O2/c26-19-8-6-18(7-9-19)24-16-14-23(15-17-25(30)31)29(24)22-12-10-21(11-13-22)28-27-20-4-2-1-3-5-20/h1-14,16H,15,17H2,(H,30,31). The molecule has 0 saturated heterocycles. The number of aromatic nitrogens is 1. The summed E-state index contributed by atoms with van der Waals surface area (Å²) in [6.45, 7) is 0. The van der Waals surface area contributed by atoms with Crippen LogP contribution < -0.4 is 0 Å². The van der Waals surface area contributed by atoms with Crippen molar-refractivity contribution in [2.75, 3.05) is 0 Å². The van der Waals surface area contributed by atoms with Gasteiger partial charge in [0.2, 0.25) is 0 Å². The molecule has 4 aromatic rings. The predicted octanol–water partition coefficient (Wildman–Crippen LogP) is 7.23. The Morgan fingerprint density at radius 3 is 2.10 bits per heavy atom. The zero-order valence-corrected chi connectivity index (χ0v) is 17.4. The van der Waals surface area contributed by atoms with Gasteiger partial charge in [-0.05, 0) is 72.6 Å². The highest BCUT2D eigenvalue weighted by atomic mass is 35.5. The van der Waals surface area contributed by atoms with Crippen LogP contribution in [0.3, 0.4) is 0 Å². The van der Waals surface area contributed by atoms with Gasteiger partial charge in [-0.15, -0.1) is 0 Å². The van der Waals surface area contributed by atoms with Crippen LogP contribution in [0.2, 0.25) is 5.02 Å². The molecule has 154 valence electrons. The molecule has 0 unspecified atom stereocenters. The Labute approximate surface area is 185 Å². The van der Waals surface area contributed by atoms with Crippen LogP contribution >= 0.6 is 11.6 Å². The quantitative estimate of drug-likeness (QED) is 0.315. The lowest BCUT2D eigenvalue weighted by Gasteiger charge is -2.14. The Morgan fingerprint density at radius 2 is 1.45 bits per heavy atom. The first-order valence-electron chi connectivity index (χ1n) is 9.86. The summed E-state index contributed by atoms with van der Waals surface area (Å²) in [4.78, 5) is 11.1. The molecule has 0 spiro atoms. The molecule has 0 amide bonds. The number of hydrogen-bond acceptors (Lipinski definition) is 3. The number of rotatable bonds is 7. The van der Waals surface area contributed by atoms with Crippen LogP contribution in [-0.2, 0) is 11.2 Å². The molecule has 0 aliphatic rings. The van der Waals surface area contributed by atoms with Crippen LogP contribution in [0.15, 0.2) is 101 Å². The van der Waals surface area contributed by atoms with Crippen LogP contribution in [0.1, 0.15) is 12.1 Å². The number of hydrogen-bond donors (Lipinski definition) is 1. The lowest BCUT2D eigenvalue weighted by molar-refractivity contribution is -0.136. The lowest BCUT2D eigenvalue weighted by Crippen LogP contribution is -2.05. The Balaban J connectivity index is 1.68. The molecule has 31 heavy (non-hydrogen) atoms. The minimum atomic E-state index is -0.822. The number of nitrogens with zero attached hydrogens (tertiary/aromatic N) is 3. The number of carbonyl (C=O) groups is 1. The molecule has 0 aliphatic heterocycles. The molecule has 1 N–H and O–H groups in total. The summed E-state index contributed by atoms with van der Waals surface area (Å²) in [5.41, 5.74) is 5.34. The smallest absolute Gasteiger partial charge is 0.303 e. The van der Waals surface area contributed by atoms with Crippen molar-refractivity contribution >= 4 is 28.9 Å². The van der Waals surface area contributed by atoms with Crippen molar-refractivity contribution in [3.63, 3.8) is 0 Å². The number of aliphatic carboxylic acids is 1. The second kappa shape index (κ2) is 9.41. The average molecular weight is 430 g/mol. The van der Waals surface area contributed by atoms with Crippen molar-refractivity contribution in [3.05, 3.63) is 102 Å². The summed E-state index contributed by atoms with van der Waals surface area (Å²) in [7, 11) is 0. The average Bonchev–Trinajstić information content (AvgIpc) is 3.22. The Kier molecular flexibility index (Phi) is 6.24. The highest BCUT2D eigenvalue weighted by Crippen LogP contribution is 2.29. The van der Waals surface area contributed by atoms with Gasteiger partial charge in [0, 0.05) is 16.4 Å². The first-order valence-corrected chi connectivity index (χ1v) is 10.2. The molecule has 1 heterocycles. The van der Waals surface area contributed by atoms with Crippen molar-refractivity contribution in [1.82, 2.24) is 4.57 Å². The van der Waals surface area contributed by atoms with Crippen LogP contribution in [0, 0.1) is 0 Å². The van der Waals surface area contributed by atoms with Gasteiger partial charge in [0.1, 0.15) is 0 Å². The molecule has 6 heteroatoms. The maximum atomic E-state index is 11.1. The molecule has 0 atom stereocenters. The van der Waals surface area contributed by atoms with E-state index in [1.807, 2.05) is 91.0 Å². The maximum Gasteiger partial charge on any atom is 0.303 e. The molecule has 1 aromatic heterocycles. The van der Waals surface area contributed by atoms with Gasteiger partial charge in [0.05, 0.1) is 23.5 Å². The van der Waals surface area contributed by atoms with Crippen LogP contribution in [0.5, 0.6) is 0 Å². The molecule has 0 fully saturated rings. The second-order valence-electron chi connectivity index (χ2n) is 7.00. The topological polar surface area (TPSA) is 66.9 Å². The van der Waals surface area contributed by atoms with E-state index in [2.05, 4.69) is 14.8 Å². The van der Waals surface area contributed by atoms with E-state index < -0.39 is 5.97 Å². The van der Waals surface area contributed by atoms with Gasteiger partial charge in [-0.25, -0.2) is 0 Å². The summed E-state index contributed by atoms with van der Waals surface area (Å²) in [5.74, 6) is -0.822. The number of azo groups is 1. The Hall–Kier alpha value is -3.70. The van der Waals surface area contributed by atoms with E-state index in [1.165, 1.54) is 0 Å². The van der Waals surface area contributed by atoms with Crippen LogP contribution in [0.25, 0.3) is 16.9 Å². The van der Waals surface area contributed by atoms with Gasteiger partial charge < -0.3 is 9.67 Å². The normalized spacial score (nSPS) is 11.1. The van der Waals surface area contributed by atoms with E-state index in [9.17, 15) is 4.79 Å². The van der Waals surface area contributed by atoms with E-state index in [-0.39, 0.29) is 6.42 Å². The fraction of sp³-hybridized carbons (Fsp3) is 0.0800. The molecule has 0 saturated carbocycles. The largest absolute Gasteiger partial charge is 0.481 e. The lowest BCUT2D eigenvalue weighted by atomic mass is 10.1. The summed E-state index contributed by atoms with van der Waals surface area (Å²) in [6, 6.07) is 28.8. The third kappa shape index (κ3) is 5.08. The Bertz CT molecular complexity index is 1200. The van der Waals surface area contributed by atoms with Crippen LogP contribution in [0.4, 0.5) is 11.4 Å². The fourth-order valence-corrected chi connectivity index (χ4v) is 3.46. The highest BCUT2D eigenvalue weighted by Gasteiger charge is 2.13. The SMILES string of the molecule is O=C(O)CCc1ccc(-c2ccc(Cl)cc2)n1-c1ccc(N=Nc2ccccc2)cc1. The van der Waals surface area contributed by atoms with Crippen molar-refractivity contribution in [2.24, 2.45) is 10.2 Å². The molecule has 0 radical (unpaired) electrons. The Morgan fingerprint density at radius 1 is 0.806 bits per heavy atom. The van der Waals surface area contributed by atoms with E-state index in [0.29, 0.717) is 11.4 Å². The molecular weight excluding hydrogens is 410 g/mol. The highest BCUT2D eigenvalue weighted by molar-refractivity contribution is 6.30. The van der Waals surface area contributed by atoms with E-state index >= 15 is 0 Å². The van der Waals surface area contributed by atoms with E-state index in [1.54, 1.807) is 0 Å². The predicted molar refractivity (Wildman–Crippen MR) is 123 cm³/mol. The first-order chi connectivity index (χ1) is 15.1. The van der Waals surface area contributed by atoms with E-state index in [4.69, 9.17) is 16.7 Å². The zero-order chi connectivity index (χ0) is 21.6. The van der Waals surface area contributed by atoms with Crippen LogP contribution in [-0.4, -0.2) is 15.6 Å². The van der Waals surface area contributed by atoms with Gasteiger partial charge in [-0.1, -0.05) is 41.9 Å².